The minimum absolute atomic E-state index is 0.0662. The first kappa shape index (κ1) is 13.1. The predicted molar refractivity (Wildman–Crippen MR) is 62.8 cm³/mol. The van der Waals surface area contributed by atoms with E-state index in [0.29, 0.717) is 5.56 Å². The Morgan fingerprint density at radius 2 is 1.89 bits per heavy atom. The van der Waals surface area contributed by atoms with Gasteiger partial charge in [0.25, 0.3) is 0 Å². The maximum absolute atomic E-state index is 13.0. The highest BCUT2D eigenvalue weighted by atomic mass is 79.9. The molecule has 1 atom stereocenters. The summed E-state index contributed by atoms with van der Waals surface area (Å²) >= 11 is 2.10. The van der Waals surface area contributed by atoms with Crippen molar-refractivity contribution in [3.05, 3.63) is 41.8 Å². The van der Waals surface area contributed by atoms with Gasteiger partial charge in [0.2, 0.25) is 0 Å². The van der Waals surface area contributed by atoms with Gasteiger partial charge in [0.1, 0.15) is 5.82 Å². The lowest BCUT2D eigenvalue weighted by Gasteiger charge is -2.16. The number of aliphatic hydroxyl groups excluding tert-OH is 1. The number of aromatic amines is 1. The molecule has 1 aromatic heterocycles. The highest BCUT2D eigenvalue weighted by Gasteiger charge is 2.38. The molecule has 0 radical (unpaired) electrons. The van der Waals surface area contributed by atoms with Crippen LogP contribution in [0, 0.1) is 5.82 Å². The first-order chi connectivity index (χ1) is 8.39. The maximum atomic E-state index is 13.0. The number of H-pyrrole nitrogens is 1. The Morgan fingerprint density at radius 1 is 1.28 bits per heavy atom. The summed E-state index contributed by atoms with van der Waals surface area (Å²) in [6, 6.07) is 5.20. The van der Waals surface area contributed by atoms with E-state index in [4.69, 9.17) is 0 Å². The minimum Gasteiger partial charge on any atom is -0.381 e. The van der Waals surface area contributed by atoms with Gasteiger partial charge in [0.15, 0.2) is 6.10 Å². The third-order valence-corrected chi connectivity index (χ3v) is 2.84. The number of rotatable bonds is 3. The van der Waals surface area contributed by atoms with Gasteiger partial charge in [0, 0.05) is 11.1 Å². The summed E-state index contributed by atoms with van der Waals surface area (Å²) in [7, 11) is 0. The molecule has 96 valence electrons. The summed E-state index contributed by atoms with van der Waals surface area (Å²) in [5, 5.41) is 15.6. The van der Waals surface area contributed by atoms with Gasteiger partial charge >= 0.3 is 4.83 Å². The maximum Gasteiger partial charge on any atom is 0.330 e. The molecular formula is C11H8BrF3N2O. The average molecular weight is 321 g/mol. The van der Waals surface area contributed by atoms with Crippen LogP contribution in [0.25, 0.3) is 11.3 Å². The molecule has 18 heavy (non-hydrogen) atoms. The van der Waals surface area contributed by atoms with Crippen LogP contribution in [-0.4, -0.2) is 20.1 Å². The van der Waals surface area contributed by atoms with Crippen LogP contribution in [0.2, 0.25) is 0 Å². The third-order valence-electron chi connectivity index (χ3n) is 2.41. The van der Waals surface area contributed by atoms with E-state index in [1.807, 2.05) is 0 Å². The lowest BCUT2D eigenvalue weighted by molar-refractivity contribution is -0.0291. The Hall–Kier alpha value is -1.34. The molecule has 3 nitrogen and oxygen atoms in total. The van der Waals surface area contributed by atoms with E-state index in [2.05, 4.69) is 26.1 Å². The van der Waals surface area contributed by atoms with Gasteiger partial charge in [-0.05, 0) is 40.2 Å². The topological polar surface area (TPSA) is 48.9 Å². The fourth-order valence-electron chi connectivity index (χ4n) is 1.53. The monoisotopic (exact) mass is 320 g/mol. The van der Waals surface area contributed by atoms with Crippen LogP contribution in [0.1, 0.15) is 11.7 Å². The van der Waals surface area contributed by atoms with Crippen LogP contribution >= 0.6 is 15.9 Å². The molecular weight excluding hydrogens is 313 g/mol. The van der Waals surface area contributed by atoms with E-state index < -0.39 is 16.8 Å². The number of halogens is 4. The Bertz CT molecular complexity index is 536. The van der Waals surface area contributed by atoms with Crippen LogP contribution in [0.4, 0.5) is 13.2 Å². The van der Waals surface area contributed by atoms with Crippen LogP contribution in [0.5, 0.6) is 0 Å². The van der Waals surface area contributed by atoms with Gasteiger partial charge in [-0.3, -0.25) is 5.10 Å². The van der Waals surface area contributed by atoms with Crippen LogP contribution in [-0.2, 0) is 0 Å². The zero-order chi connectivity index (χ0) is 13.3. The second-order valence-corrected chi connectivity index (χ2v) is 4.71. The number of alkyl halides is 3. The molecule has 0 aliphatic rings. The molecule has 2 N–H and O–H groups in total. The fourth-order valence-corrected chi connectivity index (χ4v) is 1.77. The number of nitrogens with zero attached hydrogens (tertiary/aromatic N) is 1. The van der Waals surface area contributed by atoms with E-state index >= 15 is 0 Å². The number of hydrogen-bond acceptors (Lipinski definition) is 2. The standard InChI is InChI=1S/C11H8BrF3N2O/c12-11(14,15)10(18)8-5-16-17-9(8)6-1-3-7(13)4-2-6/h1-5,10,18H,(H,16,17). The van der Waals surface area contributed by atoms with Crippen LogP contribution < -0.4 is 0 Å². The van der Waals surface area contributed by atoms with E-state index in [0.717, 1.165) is 6.20 Å². The molecule has 1 unspecified atom stereocenters. The number of aromatic nitrogens is 2. The van der Waals surface area contributed by atoms with Gasteiger partial charge < -0.3 is 5.11 Å². The summed E-state index contributed by atoms with van der Waals surface area (Å²) in [6.07, 6.45) is -0.935. The van der Waals surface area contributed by atoms with E-state index in [9.17, 15) is 18.3 Å². The molecule has 0 saturated heterocycles. The number of hydrogen-bond donors (Lipinski definition) is 2. The predicted octanol–water partition coefficient (Wildman–Crippen LogP) is 3.24. The average Bonchev–Trinajstić information content (AvgIpc) is 2.76. The Labute approximate surface area is 109 Å². The number of aliphatic hydroxyl groups is 1. The second-order valence-electron chi connectivity index (χ2n) is 3.65. The molecule has 1 aromatic carbocycles. The lowest BCUT2D eigenvalue weighted by Crippen LogP contribution is -2.18. The van der Waals surface area contributed by atoms with Crippen molar-refractivity contribution < 1.29 is 18.3 Å². The van der Waals surface area contributed by atoms with Gasteiger partial charge in [-0.2, -0.15) is 13.9 Å². The summed E-state index contributed by atoms with van der Waals surface area (Å²) in [5.74, 6) is -0.439. The van der Waals surface area contributed by atoms with E-state index in [1.54, 1.807) is 0 Å². The van der Waals surface area contributed by atoms with Crippen molar-refractivity contribution >= 4 is 15.9 Å². The first-order valence-electron chi connectivity index (χ1n) is 4.93. The zero-order valence-corrected chi connectivity index (χ0v) is 10.5. The van der Waals surface area contributed by atoms with Crippen molar-refractivity contribution in [3.63, 3.8) is 0 Å². The molecule has 0 fully saturated rings. The van der Waals surface area contributed by atoms with Crippen LogP contribution in [0.15, 0.2) is 30.5 Å². The Balaban J connectivity index is 2.42. The lowest BCUT2D eigenvalue weighted by atomic mass is 10.0. The van der Waals surface area contributed by atoms with Crippen molar-refractivity contribution in [2.24, 2.45) is 0 Å². The molecule has 1 heterocycles. The number of benzene rings is 1. The molecule has 0 spiro atoms. The third kappa shape index (κ3) is 2.56. The molecule has 2 aromatic rings. The first-order valence-corrected chi connectivity index (χ1v) is 5.73. The van der Waals surface area contributed by atoms with Gasteiger partial charge in [-0.15, -0.1) is 0 Å². The molecule has 7 heteroatoms. The normalized spacial score (nSPS) is 13.6. The largest absolute Gasteiger partial charge is 0.381 e. The van der Waals surface area contributed by atoms with Crippen molar-refractivity contribution in [3.8, 4) is 11.3 Å². The molecule has 0 aliphatic carbocycles. The van der Waals surface area contributed by atoms with E-state index in [1.165, 1.54) is 24.3 Å². The minimum atomic E-state index is -3.47. The van der Waals surface area contributed by atoms with Crippen molar-refractivity contribution in [1.29, 1.82) is 0 Å². The van der Waals surface area contributed by atoms with Crippen LogP contribution in [0.3, 0.4) is 0 Å². The molecule has 2 rings (SSSR count). The molecule has 0 saturated carbocycles. The SMILES string of the molecule is OC(c1cn[nH]c1-c1ccc(F)cc1)C(F)(F)Br. The highest BCUT2D eigenvalue weighted by Crippen LogP contribution is 2.39. The van der Waals surface area contributed by atoms with Crippen molar-refractivity contribution in [1.82, 2.24) is 10.2 Å². The van der Waals surface area contributed by atoms with Gasteiger partial charge in [-0.1, -0.05) is 0 Å². The fraction of sp³-hybridized carbons (Fsp3) is 0.182. The Kier molecular flexibility index (Phi) is 3.45. The summed E-state index contributed by atoms with van der Waals surface area (Å²) in [6.45, 7) is 0. The van der Waals surface area contributed by atoms with Gasteiger partial charge in [-0.25, -0.2) is 4.39 Å². The zero-order valence-electron chi connectivity index (χ0n) is 8.87. The summed E-state index contributed by atoms with van der Waals surface area (Å²) in [4.78, 5) is -3.47. The van der Waals surface area contributed by atoms with Gasteiger partial charge in [0.05, 0.1) is 11.9 Å². The quantitative estimate of drug-likeness (QED) is 0.853. The second kappa shape index (κ2) is 4.74. The van der Waals surface area contributed by atoms with E-state index in [-0.39, 0.29) is 11.3 Å². The molecule has 0 aliphatic heterocycles. The molecule has 0 amide bonds. The molecule has 0 bridgehead atoms. The smallest absolute Gasteiger partial charge is 0.330 e. The summed E-state index contributed by atoms with van der Waals surface area (Å²) in [5.41, 5.74) is 0.616. The van der Waals surface area contributed by atoms with Crippen molar-refractivity contribution in [2.45, 2.75) is 10.9 Å². The summed E-state index contributed by atoms with van der Waals surface area (Å²) < 4.78 is 38.8. The highest BCUT2D eigenvalue weighted by molar-refractivity contribution is 9.10. The van der Waals surface area contributed by atoms with Crippen molar-refractivity contribution in [2.75, 3.05) is 0 Å². The number of nitrogens with one attached hydrogen (secondary N) is 1. The Morgan fingerprint density at radius 3 is 2.44 bits per heavy atom.